The first-order valence-electron chi connectivity index (χ1n) is 4.68. The van der Waals surface area contributed by atoms with E-state index in [4.69, 9.17) is 5.11 Å². The van der Waals surface area contributed by atoms with Crippen molar-refractivity contribution in [3.05, 3.63) is 0 Å². The van der Waals surface area contributed by atoms with Crippen LogP contribution in [0, 0.1) is 5.92 Å². The Labute approximate surface area is 72.4 Å². The smallest absolute Gasteiger partial charge is 0.308 e. The molecule has 1 N–H and O–H groups in total. The van der Waals surface area contributed by atoms with Crippen LogP contribution in [0.25, 0.3) is 0 Å². The van der Waals surface area contributed by atoms with Gasteiger partial charge in [-0.1, -0.05) is 0 Å². The molecule has 0 aromatic carbocycles. The summed E-state index contributed by atoms with van der Waals surface area (Å²) >= 11 is 0. The molecule has 0 radical (unpaired) electrons. The molecule has 68 valence electrons. The van der Waals surface area contributed by atoms with E-state index in [9.17, 15) is 4.79 Å². The normalized spacial score (nSPS) is 41.6. The van der Waals surface area contributed by atoms with Gasteiger partial charge in [0.05, 0.1) is 5.92 Å². The molecule has 12 heavy (non-hydrogen) atoms. The highest BCUT2D eigenvalue weighted by molar-refractivity contribution is 5.71. The van der Waals surface area contributed by atoms with E-state index in [1.807, 2.05) is 0 Å². The summed E-state index contributed by atoms with van der Waals surface area (Å²) in [6.45, 7) is 3.19. The first kappa shape index (κ1) is 8.05. The minimum atomic E-state index is -0.600. The van der Waals surface area contributed by atoms with E-state index in [0.717, 1.165) is 19.4 Å². The Morgan fingerprint density at radius 3 is 2.83 bits per heavy atom. The third kappa shape index (κ3) is 1.04. The maximum absolute atomic E-state index is 10.8. The van der Waals surface area contributed by atoms with Crippen molar-refractivity contribution in [3.8, 4) is 0 Å². The number of nitrogens with zero attached hydrogens (tertiary/aromatic N) is 1. The van der Waals surface area contributed by atoms with Crippen molar-refractivity contribution >= 4 is 5.97 Å². The number of hydrogen-bond acceptors (Lipinski definition) is 2. The fraction of sp³-hybridized carbons (Fsp3) is 0.889. The zero-order chi connectivity index (χ0) is 8.72. The molecular formula is C9H15NO2. The maximum Gasteiger partial charge on any atom is 0.308 e. The highest BCUT2D eigenvalue weighted by Gasteiger charge is 2.43. The van der Waals surface area contributed by atoms with Crippen LogP contribution in [-0.2, 0) is 4.79 Å². The lowest BCUT2D eigenvalue weighted by Gasteiger charge is -2.21. The molecule has 0 saturated carbocycles. The first-order valence-corrected chi connectivity index (χ1v) is 4.68. The molecule has 3 nitrogen and oxygen atoms in total. The highest BCUT2D eigenvalue weighted by atomic mass is 16.4. The maximum atomic E-state index is 10.8. The van der Waals surface area contributed by atoms with E-state index in [-0.39, 0.29) is 5.92 Å². The Balaban J connectivity index is 2.10. The van der Waals surface area contributed by atoms with E-state index in [0.29, 0.717) is 12.1 Å². The van der Waals surface area contributed by atoms with Crippen molar-refractivity contribution in [2.75, 3.05) is 6.54 Å². The van der Waals surface area contributed by atoms with Crippen LogP contribution in [0.1, 0.15) is 26.2 Å². The van der Waals surface area contributed by atoms with Crippen LogP contribution in [0.5, 0.6) is 0 Å². The van der Waals surface area contributed by atoms with Gasteiger partial charge < -0.3 is 5.11 Å². The van der Waals surface area contributed by atoms with Gasteiger partial charge in [0.1, 0.15) is 0 Å². The SMILES string of the molecule is CC1CCC2[C@H](C(=O)O)CCN12. The number of carboxylic acids is 1. The third-order valence-electron chi connectivity index (χ3n) is 3.35. The zero-order valence-corrected chi connectivity index (χ0v) is 7.36. The van der Waals surface area contributed by atoms with Crippen LogP contribution in [0.4, 0.5) is 0 Å². The first-order chi connectivity index (χ1) is 5.70. The summed E-state index contributed by atoms with van der Waals surface area (Å²) in [5, 5.41) is 8.92. The van der Waals surface area contributed by atoms with Gasteiger partial charge in [-0.15, -0.1) is 0 Å². The molecule has 2 rings (SSSR count). The van der Waals surface area contributed by atoms with E-state index in [1.54, 1.807) is 0 Å². The van der Waals surface area contributed by atoms with Crippen molar-refractivity contribution in [3.63, 3.8) is 0 Å². The van der Waals surface area contributed by atoms with Crippen LogP contribution in [0.15, 0.2) is 0 Å². The fourth-order valence-corrected chi connectivity index (χ4v) is 2.66. The predicted octanol–water partition coefficient (Wildman–Crippen LogP) is 0.944. The average molecular weight is 169 g/mol. The Bertz CT molecular complexity index is 205. The second-order valence-corrected chi connectivity index (χ2v) is 3.96. The number of carbonyl (C=O) groups is 1. The van der Waals surface area contributed by atoms with E-state index in [1.165, 1.54) is 6.42 Å². The lowest BCUT2D eigenvalue weighted by molar-refractivity contribution is -0.142. The Morgan fingerprint density at radius 2 is 2.17 bits per heavy atom. The van der Waals surface area contributed by atoms with E-state index < -0.39 is 5.97 Å². The van der Waals surface area contributed by atoms with Gasteiger partial charge in [0.15, 0.2) is 0 Å². The number of aliphatic carboxylic acids is 1. The van der Waals surface area contributed by atoms with Gasteiger partial charge in [0, 0.05) is 12.1 Å². The summed E-state index contributed by atoms with van der Waals surface area (Å²) in [5.74, 6) is -0.688. The Morgan fingerprint density at radius 1 is 1.42 bits per heavy atom. The molecule has 0 spiro atoms. The van der Waals surface area contributed by atoms with Crippen LogP contribution in [0.3, 0.4) is 0 Å². The van der Waals surface area contributed by atoms with Crippen molar-refractivity contribution in [2.24, 2.45) is 5.92 Å². The van der Waals surface area contributed by atoms with Crippen molar-refractivity contribution in [1.82, 2.24) is 4.90 Å². The molecule has 0 aliphatic carbocycles. The molecule has 3 atom stereocenters. The quantitative estimate of drug-likeness (QED) is 0.635. The number of hydrogen-bond donors (Lipinski definition) is 1. The highest BCUT2D eigenvalue weighted by Crippen LogP contribution is 2.36. The molecule has 2 aliphatic heterocycles. The number of carboxylic acid groups (broad SMARTS) is 1. The van der Waals surface area contributed by atoms with Crippen molar-refractivity contribution < 1.29 is 9.90 Å². The molecule has 2 saturated heterocycles. The molecule has 0 amide bonds. The molecule has 2 aliphatic rings. The second kappa shape index (κ2) is 2.73. The lowest BCUT2D eigenvalue weighted by Crippen LogP contribution is -2.33. The fourth-order valence-electron chi connectivity index (χ4n) is 2.66. The van der Waals surface area contributed by atoms with Gasteiger partial charge in [-0.3, -0.25) is 9.69 Å². The Hall–Kier alpha value is -0.570. The topological polar surface area (TPSA) is 40.5 Å². The number of rotatable bonds is 1. The predicted molar refractivity (Wildman–Crippen MR) is 44.9 cm³/mol. The third-order valence-corrected chi connectivity index (χ3v) is 3.35. The summed E-state index contributed by atoms with van der Waals surface area (Å²) in [6.07, 6.45) is 3.11. The summed E-state index contributed by atoms with van der Waals surface area (Å²) in [4.78, 5) is 13.2. The minimum absolute atomic E-state index is 0.0880. The van der Waals surface area contributed by atoms with Crippen LogP contribution in [-0.4, -0.2) is 34.6 Å². The standard InChI is InChI=1S/C9H15NO2/c1-6-2-3-8-7(9(11)12)4-5-10(6)8/h6-8H,2-5H2,1H3,(H,11,12)/t6?,7-,8?/m1/s1. The van der Waals surface area contributed by atoms with Gasteiger partial charge in [-0.2, -0.15) is 0 Å². The summed E-state index contributed by atoms with van der Waals surface area (Å²) < 4.78 is 0. The van der Waals surface area contributed by atoms with Gasteiger partial charge in [0.2, 0.25) is 0 Å². The van der Waals surface area contributed by atoms with Crippen LogP contribution >= 0.6 is 0 Å². The molecule has 0 aromatic heterocycles. The Kier molecular flexibility index (Phi) is 1.83. The lowest BCUT2D eigenvalue weighted by atomic mass is 9.98. The van der Waals surface area contributed by atoms with E-state index in [2.05, 4.69) is 11.8 Å². The largest absolute Gasteiger partial charge is 0.481 e. The summed E-state index contributed by atoms with van der Waals surface area (Å²) in [7, 11) is 0. The van der Waals surface area contributed by atoms with Crippen molar-refractivity contribution in [1.29, 1.82) is 0 Å². The minimum Gasteiger partial charge on any atom is -0.481 e. The monoisotopic (exact) mass is 169 g/mol. The molecule has 2 heterocycles. The van der Waals surface area contributed by atoms with Gasteiger partial charge in [-0.25, -0.2) is 0 Å². The zero-order valence-electron chi connectivity index (χ0n) is 7.36. The van der Waals surface area contributed by atoms with Gasteiger partial charge in [-0.05, 0) is 32.7 Å². The van der Waals surface area contributed by atoms with Crippen molar-refractivity contribution in [2.45, 2.75) is 38.3 Å². The van der Waals surface area contributed by atoms with Crippen LogP contribution in [0.2, 0.25) is 0 Å². The average Bonchev–Trinajstić information content (AvgIpc) is 2.53. The number of fused-ring (bicyclic) bond motifs is 1. The molecular weight excluding hydrogens is 154 g/mol. The molecule has 0 aromatic rings. The molecule has 0 bridgehead atoms. The second-order valence-electron chi connectivity index (χ2n) is 3.96. The van der Waals surface area contributed by atoms with E-state index >= 15 is 0 Å². The van der Waals surface area contributed by atoms with Gasteiger partial charge >= 0.3 is 5.97 Å². The van der Waals surface area contributed by atoms with Crippen LogP contribution < -0.4 is 0 Å². The molecule has 2 unspecified atom stereocenters. The van der Waals surface area contributed by atoms with Gasteiger partial charge in [0.25, 0.3) is 0 Å². The summed E-state index contributed by atoms with van der Waals surface area (Å²) in [6, 6.07) is 0.955. The molecule has 2 fully saturated rings. The molecule has 3 heteroatoms. The summed E-state index contributed by atoms with van der Waals surface area (Å²) in [5.41, 5.74) is 0.